The van der Waals surface area contributed by atoms with Crippen molar-refractivity contribution in [3.05, 3.63) is 35.6 Å². The van der Waals surface area contributed by atoms with Crippen LogP contribution in [0.4, 0.5) is 4.39 Å². The molecule has 1 amide bonds. The van der Waals surface area contributed by atoms with Gasteiger partial charge in [-0.3, -0.25) is 9.59 Å². The van der Waals surface area contributed by atoms with E-state index in [4.69, 9.17) is 0 Å². The molecule has 0 spiro atoms. The minimum Gasteiger partial charge on any atom is -0.481 e. The normalized spacial score (nSPS) is 23.1. The van der Waals surface area contributed by atoms with Gasteiger partial charge < -0.3 is 10.0 Å². The molecule has 2 rings (SSSR count). The average Bonchev–Trinajstić information content (AvgIpc) is 2.49. The molecule has 120 valence electrons. The number of hydrogen-bond acceptors (Lipinski definition) is 2. The molecule has 0 saturated carbocycles. The van der Waals surface area contributed by atoms with Gasteiger partial charge in [0.05, 0.1) is 11.8 Å². The number of hydrogen-bond donors (Lipinski definition) is 1. The fourth-order valence-electron chi connectivity index (χ4n) is 3.18. The van der Waals surface area contributed by atoms with Crippen LogP contribution in [0.5, 0.6) is 0 Å². The molecule has 0 radical (unpaired) electrons. The smallest absolute Gasteiger partial charge is 0.308 e. The standard InChI is InChI=1S/C17H22FNO3/c1-3-15(12-4-6-14(18)7-5-12)16(20)19-9-11(2)8-13(10-19)17(21)22/h4-7,11,13,15H,3,8-10H2,1-2H3,(H,21,22). The highest BCUT2D eigenvalue weighted by atomic mass is 19.1. The summed E-state index contributed by atoms with van der Waals surface area (Å²) in [6, 6.07) is 5.96. The first-order valence-corrected chi connectivity index (χ1v) is 7.69. The molecule has 1 aromatic carbocycles. The Morgan fingerprint density at radius 2 is 1.95 bits per heavy atom. The lowest BCUT2D eigenvalue weighted by Crippen LogP contribution is -2.47. The Kier molecular flexibility index (Phi) is 5.16. The Balaban J connectivity index is 2.17. The van der Waals surface area contributed by atoms with Gasteiger partial charge in [0, 0.05) is 13.1 Å². The third-order valence-corrected chi connectivity index (χ3v) is 4.30. The topological polar surface area (TPSA) is 57.6 Å². The van der Waals surface area contributed by atoms with Gasteiger partial charge in [0.2, 0.25) is 5.91 Å². The van der Waals surface area contributed by atoms with Crippen LogP contribution in [-0.4, -0.2) is 35.0 Å². The number of halogens is 1. The first kappa shape index (κ1) is 16.5. The number of rotatable bonds is 4. The molecule has 1 aliphatic heterocycles. The van der Waals surface area contributed by atoms with Gasteiger partial charge in [-0.25, -0.2) is 4.39 Å². The van der Waals surface area contributed by atoms with Crippen LogP contribution < -0.4 is 0 Å². The van der Waals surface area contributed by atoms with E-state index in [0.29, 0.717) is 19.4 Å². The summed E-state index contributed by atoms with van der Waals surface area (Å²) in [5.74, 6) is -1.92. The molecule has 1 aliphatic rings. The summed E-state index contributed by atoms with van der Waals surface area (Å²) in [5.41, 5.74) is 0.777. The lowest BCUT2D eigenvalue weighted by atomic mass is 9.88. The lowest BCUT2D eigenvalue weighted by Gasteiger charge is -2.36. The fraction of sp³-hybridized carbons (Fsp3) is 0.529. The molecule has 3 unspecified atom stereocenters. The number of carbonyl (C=O) groups is 2. The van der Waals surface area contributed by atoms with Crippen LogP contribution in [0.25, 0.3) is 0 Å². The number of carboxylic acids is 1. The summed E-state index contributed by atoms with van der Waals surface area (Å²) in [5, 5.41) is 9.22. The van der Waals surface area contributed by atoms with Crippen LogP contribution in [0.15, 0.2) is 24.3 Å². The summed E-state index contributed by atoms with van der Waals surface area (Å²) in [6.07, 6.45) is 1.21. The first-order chi connectivity index (χ1) is 10.4. The van der Waals surface area contributed by atoms with E-state index in [1.807, 2.05) is 13.8 Å². The third kappa shape index (κ3) is 3.64. The molecule has 5 heteroatoms. The zero-order valence-corrected chi connectivity index (χ0v) is 13.0. The molecule has 1 N–H and O–H groups in total. The van der Waals surface area contributed by atoms with E-state index >= 15 is 0 Å². The minimum absolute atomic E-state index is 0.0630. The Labute approximate surface area is 129 Å². The quantitative estimate of drug-likeness (QED) is 0.930. The lowest BCUT2D eigenvalue weighted by molar-refractivity contribution is -0.147. The van der Waals surface area contributed by atoms with Crippen molar-refractivity contribution in [1.29, 1.82) is 0 Å². The number of piperidine rings is 1. The van der Waals surface area contributed by atoms with Gasteiger partial charge in [-0.05, 0) is 36.5 Å². The highest BCUT2D eigenvalue weighted by molar-refractivity contribution is 5.84. The van der Waals surface area contributed by atoms with Crippen LogP contribution >= 0.6 is 0 Å². The second kappa shape index (κ2) is 6.90. The SMILES string of the molecule is CCC(C(=O)N1CC(C)CC(C(=O)O)C1)c1ccc(F)cc1. The van der Waals surface area contributed by atoms with Crippen molar-refractivity contribution < 1.29 is 19.1 Å². The molecule has 3 atom stereocenters. The van der Waals surface area contributed by atoms with E-state index in [-0.39, 0.29) is 30.1 Å². The van der Waals surface area contributed by atoms with Crippen molar-refractivity contribution in [3.63, 3.8) is 0 Å². The molecule has 0 bridgehead atoms. The van der Waals surface area contributed by atoms with Gasteiger partial charge in [-0.2, -0.15) is 0 Å². The van der Waals surface area contributed by atoms with E-state index in [1.165, 1.54) is 12.1 Å². The number of carboxylic acid groups (broad SMARTS) is 1. The average molecular weight is 307 g/mol. The molecule has 1 aromatic rings. The maximum Gasteiger partial charge on any atom is 0.308 e. The van der Waals surface area contributed by atoms with Gasteiger partial charge in [-0.15, -0.1) is 0 Å². The summed E-state index contributed by atoms with van der Waals surface area (Å²) in [6.45, 7) is 4.72. The molecule has 1 saturated heterocycles. The molecule has 0 aliphatic carbocycles. The largest absolute Gasteiger partial charge is 0.481 e. The van der Waals surface area contributed by atoms with Crippen molar-refractivity contribution in [2.24, 2.45) is 11.8 Å². The monoisotopic (exact) mass is 307 g/mol. The van der Waals surface area contributed by atoms with E-state index in [9.17, 15) is 19.1 Å². The second-order valence-corrected chi connectivity index (χ2v) is 6.13. The summed E-state index contributed by atoms with van der Waals surface area (Å²) in [7, 11) is 0. The summed E-state index contributed by atoms with van der Waals surface area (Å²) >= 11 is 0. The number of aliphatic carboxylic acids is 1. The highest BCUT2D eigenvalue weighted by Gasteiger charge is 2.34. The van der Waals surface area contributed by atoms with Crippen LogP contribution in [0, 0.1) is 17.7 Å². The van der Waals surface area contributed by atoms with E-state index in [1.54, 1.807) is 17.0 Å². The van der Waals surface area contributed by atoms with Crippen molar-refractivity contribution in [1.82, 2.24) is 4.90 Å². The summed E-state index contributed by atoms with van der Waals surface area (Å²) in [4.78, 5) is 25.7. The fourth-order valence-corrected chi connectivity index (χ4v) is 3.18. The predicted molar refractivity (Wildman–Crippen MR) is 80.9 cm³/mol. The Bertz CT molecular complexity index is 543. The molecular formula is C17H22FNO3. The number of nitrogens with zero attached hydrogens (tertiary/aromatic N) is 1. The summed E-state index contributed by atoms with van der Waals surface area (Å²) < 4.78 is 13.0. The van der Waals surface area contributed by atoms with Crippen molar-refractivity contribution in [2.75, 3.05) is 13.1 Å². The molecule has 1 fully saturated rings. The number of carbonyl (C=O) groups excluding carboxylic acids is 1. The van der Waals surface area contributed by atoms with Gasteiger partial charge >= 0.3 is 5.97 Å². The van der Waals surface area contributed by atoms with Crippen molar-refractivity contribution in [2.45, 2.75) is 32.6 Å². The van der Waals surface area contributed by atoms with Crippen molar-refractivity contribution in [3.8, 4) is 0 Å². The maximum atomic E-state index is 13.0. The van der Waals surface area contributed by atoms with E-state index < -0.39 is 11.9 Å². The highest BCUT2D eigenvalue weighted by Crippen LogP contribution is 2.28. The van der Waals surface area contributed by atoms with Gasteiger partial charge in [0.25, 0.3) is 0 Å². The van der Waals surface area contributed by atoms with E-state index in [0.717, 1.165) is 5.56 Å². The molecule has 0 aromatic heterocycles. The maximum absolute atomic E-state index is 13.0. The van der Waals surface area contributed by atoms with Crippen LogP contribution in [0.3, 0.4) is 0 Å². The van der Waals surface area contributed by atoms with Crippen LogP contribution in [0.1, 0.15) is 38.2 Å². The number of benzene rings is 1. The molecule has 4 nitrogen and oxygen atoms in total. The van der Waals surface area contributed by atoms with Gasteiger partial charge in [-0.1, -0.05) is 26.0 Å². The predicted octanol–water partition coefficient (Wildman–Crippen LogP) is 2.89. The zero-order valence-electron chi connectivity index (χ0n) is 13.0. The van der Waals surface area contributed by atoms with Gasteiger partial charge in [0.15, 0.2) is 0 Å². The molecule has 1 heterocycles. The van der Waals surface area contributed by atoms with Crippen molar-refractivity contribution >= 4 is 11.9 Å². The Morgan fingerprint density at radius 3 is 2.50 bits per heavy atom. The second-order valence-electron chi connectivity index (χ2n) is 6.13. The number of likely N-dealkylation sites (tertiary alicyclic amines) is 1. The Morgan fingerprint density at radius 1 is 1.32 bits per heavy atom. The van der Waals surface area contributed by atoms with Gasteiger partial charge in [0.1, 0.15) is 5.82 Å². The van der Waals surface area contributed by atoms with E-state index in [2.05, 4.69) is 0 Å². The van der Waals surface area contributed by atoms with Crippen LogP contribution in [0.2, 0.25) is 0 Å². The van der Waals surface area contributed by atoms with Crippen LogP contribution in [-0.2, 0) is 9.59 Å². The zero-order chi connectivity index (χ0) is 16.3. The molecule has 22 heavy (non-hydrogen) atoms. The Hall–Kier alpha value is -1.91. The molecular weight excluding hydrogens is 285 g/mol. The number of amides is 1. The third-order valence-electron chi connectivity index (χ3n) is 4.30. The first-order valence-electron chi connectivity index (χ1n) is 7.69. The minimum atomic E-state index is -0.848.